The van der Waals surface area contributed by atoms with Gasteiger partial charge in [0.25, 0.3) is 0 Å². The maximum atomic E-state index is 6.23. The van der Waals surface area contributed by atoms with Gasteiger partial charge in [-0.2, -0.15) is 0 Å². The molecule has 0 radical (unpaired) electrons. The molecule has 0 atom stereocenters. The standard InChI is InChI=1S/C19H37NO2/c1-6-17(7-2)21-19(22-18(8-3)9-4)15(5)20-16-13-11-10-12-14-16/h16-19H,6-14H2,1-5H3. The van der Waals surface area contributed by atoms with E-state index in [0.717, 1.165) is 31.4 Å². The summed E-state index contributed by atoms with van der Waals surface area (Å²) in [6, 6.07) is 0.479. The first kappa shape index (κ1) is 19.6. The van der Waals surface area contributed by atoms with E-state index in [1.54, 1.807) is 0 Å². The zero-order valence-electron chi connectivity index (χ0n) is 15.4. The van der Waals surface area contributed by atoms with Crippen LogP contribution in [0.5, 0.6) is 0 Å². The van der Waals surface area contributed by atoms with Crippen LogP contribution in [-0.2, 0) is 9.47 Å². The molecule has 0 saturated heterocycles. The first-order chi connectivity index (χ1) is 10.6. The van der Waals surface area contributed by atoms with Crippen LogP contribution in [0.1, 0.15) is 92.4 Å². The van der Waals surface area contributed by atoms with Crippen molar-refractivity contribution in [3.63, 3.8) is 0 Å². The molecule has 3 heteroatoms. The minimum atomic E-state index is -0.267. The van der Waals surface area contributed by atoms with E-state index >= 15 is 0 Å². The van der Waals surface area contributed by atoms with E-state index in [4.69, 9.17) is 14.5 Å². The third kappa shape index (κ3) is 6.78. The molecule has 1 fully saturated rings. The summed E-state index contributed by atoms with van der Waals surface area (Å²) in [5.41, 5.74) is 1.03. The highest BCUT2D eigenvalue weighted by molar-refractivity contribution is 5.85. The Bertz CT molecular complexity index is 289. The van der Waals surface area contributed by atoms with E-state index in [2.05, 4.69) is 34.6 Å². The van der Waals surface area contributed by atoms with E-state index in [1.807, 2.05) is 0 Å². The highest BCUT2D eigenvalue weighted by atomic mass is 16.7. The molecule has 0 spiro atoms. The largest absolute Gasteiger partial charge is 0.344 e. The van der Waals surface area contributed by atoms with E-state index < -0.39 is 0 Å². The van der Waals surface area contributed by atoms with Gasteiger partial charge in [-0.3, -0.25) is 4.99 Å². The fourth-order valence-electron chi connectivity index (χ4n) is 3.10. The van der Waals surface area contributed by atoms with E-state index in [9.17, 15) is 0 Å². The van der Waals surface area contributed by atoms with Crippen LogP contribution in [0.25, 0.3) is 0 Å². The average molecular weight is 312 g/mol. The number of ether oxygens (including phenoxy) is 2. The molecule has 3 nitrogen and oxygen atoms in total. The number of rotatable bonds is 10. The second kappa shape index (κ2) is 11.2. The predicted molar refractivity (Wildman–Crippen MR) is 94.7 cm³/mol. The Morgan fingerprint density at radius 2 is 1.32 bits per heavy atom. The van der Waals surface area contributed by atoms with Crippen molar-refractivity contribution in [2.75, 3.05) is 0 Å². The molecule has 22 heavy (non-hydrogen) atoms. The molecule has 0 aromatic carbocycles. The van der Waals surface area contributed by atoms with Crippen LogP contribution >= 0.6 is 0 Å². The molecule has 1 aliphatic carbocycles. The Labute approximate surface area is 137 Å². The van der Waals surface area contributed by atoms with Gasteiger partial charge in [0, 0.05) is 0 Å². The maximum Gasteiger partial charge on any atom is 0.196 e. The number of nitrogens with zero attached hydrogens (tertiary/aromatic N) is 1. The lowest BCUT2D eigenvalue weighted by atomic mass is 9.96. The highest BCUT2D eigenvalue weighted by Crippen LogP contribution is 2.22. The van der Waals surface area contributed by atoms with Crippen molar-refractivity contribution in [2.24, 2.45) is 4.99 Å². The lowest BCUT2D eigenvalue weighted by Crippen LogP contribution is -2.34. The lowest BCUT2D eigenvalue weighted by Gasteiger charge is -2.28. The third-order valence-corrected chi connectivity index (χ3v) is 4.76. The normalized spacial score (nSPS) is 17.9. The minimum Gasteiger partial charge on any atom is -0.344 e. The second-order valence-electron chi connectivity index (χ2n) is 6.54. The van der Waals surface area contributed by atoms with Crippen molar-refractivity contribution in [1.29, 1.82) is 0 Å². The van der Waals surface area contributed by atoms with Gasteiger partial charge in [-0.1, -0.05) is 47.0 Å². The molecule has 0 unspecified atom stereocenters. The fraction of sp³-hybridized carbons (Fsp3) is 0.947. The Morgan fingerprint density at radius 3 is 1.73 bits per heavy atom. The highest BCUT2D eigenvalue weighted by Gasteiger charge is 2.22. The first-order valence-electron chi connectivity index (χ1n) is 9.49. The molecule has 0 aromatic heterocycles. The summed E-state index contributed by atoms with van der Waals surface area (Å²) in [5, 5.41) is 0. The quantitative estimate of drug-likeness (QED) is 0.393. The fourth-order valence-corrected chi connectivity index (χ4v) is 3.10. The van der Waals surface area contributed by atoms with Gasteiger partial charge in [-0.15, -0.1) is 0 Å². The molecule has 0 heterocycles. The molecule has 0 aliphatic heterocycles. The zero-order chi connectivity index (χ0) is 16.4. The third-order valence-electron chi connectivity index (χ3n) is 4.76. The maximum absolute atomic E-state index is 6.23. The number of hydrogen-bond acceptors (Lipinski definition) is 3. The Morgan fingerprint density at radius 1 is 0.864 bits per heavy atom. The molecule has 0 bridgehead atoms. The lowest BCUT2D eigenvalue weighted by molar-refractivity contribution is -0.159. The van der Waals surface area contributed by atoms with Gasteiger partial charge in [-0.05, 0) is 45.4 Å². The molecule has 1 saturated carbocycles. The molecular weight excluding hydrogens is 274 g/mol. The van der Waals surface area contributed by atoms with Gasteiger partial charge in [0.15, 0.2) is 6.29 Å². The number of hydrogen-bond donors (Lipinski definition) is 0. The van der Waals surface area contributed by atoms with Crippen molar-refractivity contribution in [2.45, 2.75) is 117 Å². The van der Waals surface area contributed by atoms with E-state index in [0.29, 0.717) is 6.04 Å². The number of aliphatic imine (C=N–C) groups is 1. The van der Waals surface area contributed by atoms with Crippen LogP contribution in [-0.4, -0.2) is 30.3 Å². The van der Waals surface area contributed by atoms with Crippen molar-refractivity contribution < 1.29 is 9.47 Å². The molecular formula is C19H37NO2. The van der Waals surface area contributed by atoms with Gasteiger partial charge in [0.1, 0.15) is 0 Å². The predicted octanol–water partition coefficient (Wildman–Crippen LogP) is 5.52. The summed E-state index contributed by atoms with van der Waals surface area (Å²) in [6.07, 6.45) is 10.8. The molecule has 0 aromatic rings. The Hall–Kier alpha value is -0.410. The molecule has 0 N–H and O–H groups in total. The summed E-state index contributed by atoms with van der Waals surface area (Å²) in [5.74, 6) is 0. The first-order valence-corrected chi connectivity index (χ1v) is 9.49. The summed E-state index contributed by atoms with van der Waals surface area (Å²) in [4.78, 5) is 4.95. The van der Waals surface area contributed by atoms with Crippen LogP contribution in [0.3, 0.4) is 0 Å². The van der Waals surface area contributed by atoms with Crippen LogP contribution in [0.2, 0.25) is 0 Å². The molecule has 0 amide bonds. The Kier molecular flexibility index (Phi) is 9.98. The van der Waals surface area contributed by atoms with E-state index in [-0.39, 0.29) is 18.5 Å². The summed E-state index contributed by atoms with van der Waals surface area (Å²) in [7, 11) is 0. The van der Waals surface area contributed by atoms with Gasteiger partial charge in [-0.25, -0.2) is 0 Å². The van der Waals surface area contributed by atoms with Gasteiger partial charge in [0.2, 0.25) is 0 Å². The summed E-state index contributed by atoms with van der Waals surface area (Å²) < 4.78 is 12.5. The van der Waals surface area contributed by atoms with Crippen LogP contribution < -0.4 is 0 Å². The van der Waals surface area contributed by atoms with Crippen molar-refractivity contribution in [1.82, 2.24) is 0 Å². The van der Waals surface area contributed by atoms with Crippen molar-refractivity contribution >= 4 is 5.71 Å². The molecule has 130 valence electrons. The van der Waals surface area contributed by atoms with Crippen LogP contribution in [0.15, 0.2) is 4.99 Å². The smallest absolute Gasteiger partial charge is 0.196 e. The van der Waals surface area contributed by atoms with Gasteiger partial charge in [0.05, 0.1) is 24.0 Å². The van der Waals surface area contributed by atoms with Crippen molar-refractivity contribution in [3.8, 4) is 0 Å². The zero-order valence-corrected chi connectivity index (χ0v) is 15.4. The van der Waals surface area contributed by atoms with E-state index in [1.165, 1.54) is 32.1 Å². The molecule has 1 rings (SSSR count). The van der Waals surface area contributed by atoms with Gasteiger partial charge < -0.3 is 9.47 Å². The van der Waals surface area contributed by atoms with Gasteiger partial charge >= 0.3 is 0 Å². The SMILES string of the molecule is CCC(CC)OC(OC(CC)CC)C(C)=NC1CCCCC1. The average Bonchev–Trinajstić information content (AvgIpc) is 2.56. The molecule has 1 aliphatic rings. The summed E-state index contributed by atoms with van der Waals surface area (Å²) in [6.45, 7) is 10.8. The minimum absolute atomic E-state index is 0.260. The monoisotopic (exact) mass is 311 g/mol. The van der Waals surface area contributed by atoms with Crippen LogP contribution in [0.4, 0.5) is 0 Å². The van der Waals surface area contributed by atoms with Crippen LogP contribution in [0, 0.1) is 0 Å². The second-order valence-corrected chi connectivity index (χ2v) is 6.54. The Balaban J connectivity index is 2.74. The van der Waals surface area contributed by atoms with Crippen molar-refractivity contribution in [3.05, 3.63) is 0 Å². The summed E-state index contributed by atoms with van der Waals surface area (Å²) >= 11 is 0. The topological polar surface area (TPSA) is 30.8 Å².